The molecule has 1 aliphatic rings. The second-order valence-corrected chi connectivity index (χ2v) is 8.30. The highest BCUT2D eigenvalue weighted by Crippen LogP contribution is 2.19. The largest absolute Gasteiger partial charge is 0.507 e. The molecule has 2 amide bonds. The SMILES string of the molecule is O=C(/C=C(\O)c1ccc(F)cc1)C(=O)NC1CCC(NC(=O)C(=O)/C=C(\O)c2ccc(F)cc2)CC1. The summed E-state index contributed by atoms with van der Waals surface area (Å²) in [5.41, 5.74) is 0.369. The molecule has 0 radical (unpaired) electrons. The van der Waals surface area contributed by atoms with Crippen LogP contribution in [0, 0.1) is 11.6 Å². The predicted octanol–water partition coefficient (Wildman–Crippen LogP) is 3.14. The second kappa shape index (κ2) is 11.9. The highest BCUT2D eigenvalue weighted by molar-refractivity contribution is 6.42. The van der Waals surface area contributed by atoms with Gasteiger partial charge in [0.25, 0.3) is 11.8 Å². The van der Waals surface area contributed by atoms with E-state index in [1.807, 2.05) is 0 Å². The summed E-state index contributed by atoms with van der Waals surface area (Å²) in [6.45, 7) is 0. The van der Waals surface area contributed by atoms with Gasteiger partial charge in [0, 0.05) is 35.4 Å². The molecule has 1 aliphatic carbocycles. The lowest BCUT2D eigenvalue weighted by atomic mass is 9.91. The van der Waals surface area contributed by atoms with Crippen LogP contribution in [0.25, 0.3) is 11.5 Å². The van der Waals surface area contributed by atoms with E-state index in [4.69, 9.17) is 0 Å². The van der Waals surface area contributed by atoms with E-state index in [-0.39, 0.29) is 23.2 Å². The monoisotopic (exact) mass is 498 g/mol. The quantitative estimate of drug-likeness (QED) is 0.251. The van der Waals surface area contributed by atoms with Crippen LogP contribution in [0.1, 0.15) is 36.8 Å². The number of carbonyl (C=O) groups is 4. The zero-order valence-corrected chi connectivity index (χ0v) is 19.0. The van der Waals surface area contributed by atoms with Crippen LogP contribution in [-0.4, -0.2) is 45.7 Å². The molecular formula is C26H24F2N2O6. The van der Waals surface area contributed by atoms with Gasteiger partial charge in [-0.2, -0.15) is 0 Å². The van der Waals surface area contributed by atoms with Gasteiger partial charge in [-0.25, -0.2) is 8.78 Å². The molecular weight excluding hydrogens is 474 g/mol. The number of ketones is 2. The Morgan fingerprint density at radius 2 is 0.944 bits per heavy atom. The summed E-state index contributed by atoms with van der Waals surface area (Å²) in [6, 6.07) is 8.85. The number of amides is 2. The minimum atomic E-state index is -0.967. The van der Waals surface area contributed by atoms with Gasteiger partial charge in [0.2, 0.25) is 11.6 Å². The van der Waals surface area contributed by atoms with Crippen LogP contribution in [0.15, 0.2) is 60.7 Å². The van der Waals surface area contributed by atoms with E-state index in [1.165, 1.54) is 24.3 Å². The molecule has 0 unspecified atom stereocenters. The molecule has 0 saturated heterocycles. The Labute approximate surface area is 205 Å². The molecule has 8 nitrogen and oxygen atoms in total. The van der Waals surface area contributed by atoms with Gasteiger partial charge in [-0.05, 0) is 74.2 Å². The van der Waals surface area contributed by atoms with Gasteiger partial charge in [0.15, 0.2) is 0 Å². The Kier molecular flexibility index (Phi) is 8.66. The van der Waals surface area contributed by atoms with Crippen molar-refractivity contribution >= 4 is 34.9 Å². The van der Waals surface area contributed by atoms with Crippen molar-refractivity contribution in [3.63, 3.8) is 0 Å². The van der Waals surface area contributed by atoms with Crippen molar-refractivity contribution in [3.8, 4) is 0 Å². The van der Waals surface area contributed by atoms with E-state index < -0.39 is 46.5 Å². The van der Waals surface area contributed by atoms with Crippen molar-refractivity contribution in [2.75, 3.05) is 0 Å². The Hall–Kier alpha value is -4.34. The zero-order chi connectivity index (χ0) is 26.2. The van der Waals surface area contributed by atoms with Crippen molar-refractivity contribution in [1.82, 2.24) is 10.6 Å². The maximum Gasteiger partial charge on any atom is 0.292 e. The van der Waals surface area contributed by atoms with Crippen LogP contribution in [0.2, 0.25) is 0 Å². The molecule has 188 valence electrons. The Morgan fingerprint density at radius 1 is 0.639 bits per heavy atom. The van der Waals surface area contributed by atoms with Crippen LogP contribution in [0.5, 0.6) is 0 Å². The number of halogens is 2. The minimum Gasteiger partial charge on any atom is -0.507 e. The lowest BCUT2D eigenvalue weighted by molar-refractivity contribution is -0.136. The fraction of sp³-hybridized carbons (Fsp3) is 0.231. The fourth-order valence-corrected chi connectivity index (χ4v) is 3.68. The summed E-state index contributed by atoms with van der Waals surface area (Å²) in [5, 5.41) is 25.1. The van der Waals surface area contributed by atoms with E-state index >= 15 is 0 Å². The van der Waals surface area contributed by atoms with E-state index in [9.17, 15) is 38.2 Å². The summed E-state index contributed by atoms with van der Waals surface area (Å²) in [4.78, 5) is 48.6. The average molecular weight is 498 g/mol. The second-order valence-electron chi connectivity index (χ2n) is 8.30. The molecule has 0 spiro atoms. The summed E-state index contributed by atoms with van der Waals surface area (Å²) in [7, 11) is 0. The van der Waals surface area contributed by atoms with Crippen LogP contribution in [0.4, 0.5) is 8.78 Å². The molecule has 2 aromatic rings. The lowest BCUT2D eigenvalue weighted by Crippen LogP contribution is -2.46. The number of hydrogen-bond acceptors (Lipinski definition) is 6. The summed E-state index contributed by atoms with van der Waals surface area (Å²) in [6.07, 6.45) is 3.25. The van der Waals surface area contributed by atoms with E-state index in [0.717, 1.165) is 36.4 Å². The number of rotatable bonds is 8. The van der Waals surface area contributed by atoms with Gasteiger partial charge >= 0.3 is 0 Å². The minimum absolute atomic E-state index is 0.184. The van der Waals surface area contributed by atoms with Crippen molar-refractivity contribution < 1.29 is 38.2 Å². The van der Waals surface area contributed by atoms with Crippen LogP contribution in [0.3, 0.4) is 0 Å². The summed E-state index contributed by atoms with van der Waals surface area (Å²) >= 11 is 0. The van der Waals surface area contributed by atoms with E-state index in [1.54, 1.807) is 0 Å². The van der Waals surface area contributed by atoms with Crippen molar-refractivity contribution in [2.45, 2.75) is 37.8 Å². The summed E-state index contributed by atoms with van der Waals surface area (Å²) in [5.74, 6) is -5.70. The Balaban J connectivity index is 1.45. The van der Waals surface area contributed by atoms with Gasteiger partial charge in [0.05, 0.1) is 0 Å². The number of benzene rings is 2. The third-order valence-electron chi connectivity index (χ3n) is 5.66. The number of hydrogen-bond donors (Lipinski definition) is 4. The standard InChI is InChI=1S/C26H24F2N2O6/c27-17-5-1-15(2-6-17)21(31)13-23(33)25(35)29-19-9-11-20(12-10-19)30-26(36)24(34)14-22(32)16-3-7-18(28)8-4-16/h1-8,13-14,19-20,31-32H,9-12H2,(H,29,35)(H,30,36)/b21-13-,22-14-. The number of carbonyl (C=O) groups excluding carboxylic acids is 4. The Morgan fingerprint density at radius 3 is 1.25 bits per heavy atom. The van der Waals surface area contributed by atoms with E-state index in [0.29, 0.717) is 25.7 Å². The van der Waals surface area contributed by atoms with Gasteiger partial charge in [-0.3, -0.25) is 19.2 Å². The normalized spacial score (nSPS) is 18.3. The highest BCUT2D eigenvalue weighted by atomic mass is 19.1. The fourth-order valence-electron chi connectivity index (χ4n) is 3.68. The maximum absolute atomic E-state index is 13.0. The molecule has 36 heavy (non-hydrogen) atoms. The zero-order valence-electron chi connectivity index (χ0n) is 19.0. The molecule has 0 bridgehead atoms. The van der Waals surface area contributed by atoms with Gasteiger partial charge in [-0.1, -0.05) is 0 Å². The number of aliphatic hydroxyl groups is 2. The molecule has 4 N–H and O–H groups in total. The third kappa shape index (κ3) is 7.33. The predicted molar refractivity (Wildman–Crippen MR) is 126 cm³/mol. The number of nitrogens with one attached hydrogen (secondary N) is 2. The van der Waals surface area contributed by atoms with Gasteiger partial charge < -0.3 is 20.8 Å². The van der Waals surface area contributed by atoms with Crippen molar-refractivity contribution in [1.29, 1.82) is 0 Å². The van der Waals surface area contributed by atoms with Crippen LogP contribution in [-0.2, 0) is 19.2 Å². The number of aliphatic hydroxyl groups excluding tert-OH is 2. The van der Waals surface area contributed by atoms with Crippen LogP contribution >= 0.6 is 0 Å². The topological polar surface area (TPSA) is 133 Å². The molecule has 0 aliphatic heterocycles. The molecule has 0 heterocycles. The molecule has 1 saturated carbocycles. The molecule has 2 aromatic carbocycles. The molecule has 3 rings (SSSR count). The van der Waals surface area contributed by atoms with Gasteiger partial charge in [-0.15, -0.1) is 0 Å². The molecule has 1 fully saturated rings. The van der Waals surface area contributed by atoms with E-state index in [2.05, 4.69) is 10.6 Å². The van der Waals surface area contributed by atoms with Gasteiger partial charge in [0.1, 0.15) is 23.2 Å². The molecule has 10 heteroatoms. The van der Waals surface area contributed by atoms with Crippen molar-refractivity contribution in [3.05, 3.63) is 83.4 Å². The van der Waals surface area contributed by atoms with Crippen LogP contribution < -0.4 is 10.6 Å². The molecule has 0 atom stereocenters. The average Bonchev–Trinajstić information content (AvgIpc) is 2.85. The summed E-state index contributed by atoms with van der Waals surface area (Å²) < 4.78 is 25.9. The first-order chi connectivity index (χ1) is 17.1. The third-order valence-corrected chi connectivity index (χ3v) is 5.66. The Bertz CT molecular complexity index is 1100. The first-order valence-electron chi connectivity index (χ1n) is 11.1. The first-order valence-corrected chi connectivity index (χ1v) is 11.1. The molecule has 0 aromatic heterocycles. The highest BCUT2D eigenvalue weighted by Gasteiger charge is 2.26. The smallest absolute Gasteiger partial charge is 0.292 e. The van der Waals surface area contributed by atoms with Crippen molar-refractivity contribution in [2.24, 2.45) is 0 Å². The lowest BCUT2D eigenvalue weighted by Gasteiger charge is -2.29. The maximum atomic E-state index is 13.0. The first kappa shape index (κ1) is 26.3.